The van der Waals surface area contributed by atoms with Crippen LogP contribution in [-0.2, 0) is 35.1 Å². The van der Waals surface area contributed by atoms with Crippen molar-refractivity contribution in [1.82, 2.24) is 20.3 Å². The molecule has 11 heteroatoms. The van der Waals surface area contributed by atoms with Gasteiger partial charge >= 0.3 is 5.97 Å². The highest BCUT2D eigenvalue weighted by Crippen LogP contribution is 2.27. The number of fused-ring (bicyclic) bond motifs is 2. The van der Waals surface area contributed by atoms with Crippen LogP contribution < -0.4 is 15.5 Å². The zero-order chi connectivity index (χ0) is 33.9. The zero-order valence-corrected chi connectivity index (χ0v) is 28.4. The van der Waals surface area contributed by atoms with Gasteiger partial charge in [0.1, 0.15) is 19.2 Å². The SMILES string of the molecule is CCCOC(=O)CCCCC[C@@H]1CC(=O)[C@H]2CCCCN2C(=O)[C@H](C(C)CC)NC(=O)[C@H](Cc2cn(OC)c3ccccc23)NC1=O. The van der Waals surface area contributed by atoms with E-state index in [9.17, 15) is 24.0 Å². The largest absolute Gasteiger partial charge is 0.466 e. The van der Waals surface area contributed by atoms with Gasteiger partial charge in [0.15, 0.2) is 5.78 Å². The lowest BCUT2D eigenvalue weighted by molar-refractivity contribution is -0.147. The number of ketones is 1. The number of carbonyl (C=O) groups is 5. The summed E-state index contributed by atoms with van der Waals surface area (Å²) in [6.07, 6.45) is 8.24. The summed E-state index contributed by atoms with van der Waals surface area (Å²) in [6.45, 7) is 6.69. The summed E-state index contributed by atoms with van der Waals surface area (Å²) in [7, 11) is 1.56. The fraction of sp³-hybridized carbons (Fsp3) is 0.639. The van der Waals surface area contributed by atoms with Gasteiger partial charge in [0.05, 0.1) is 18.2 Å². The van der Waals surface area contributed by atoms with Gasteiger partial charge in [-0.25, -0.2) is 0 Å². The zero-order valence-electron chi connectivity index (χ0n) is 28.4. The molecule has 2 aromatic rings. The Bertz CT molecular complexity index is 1400. The predicted octanol–water partition coefficient (Wildman–Crippen LogP) is 4.13. The molecule has 0 spiro atoms. The van der Waals surface area contributed by atoms with Crippen LogP contribution in [0.5, 0.6) is 0 Å². The fourth-order valence-electron chi connectivity index (χ4n) is 6.73. The van der Waals surface area contributed by atoms with Crippen molar-refractivity contribution in [2.75, 3.05) is 20.3 Å². The monoisotopic (exact) mass is 652 g/mol. The number of aromatic nitrogens is 1. The summed E-state index contributed by atoms with van der Waals surface area (Å²) in [5, 5.41) is 6.88. The topological polar surface area (TPSA) is 136 Å². The van der Waals surface area contributed by atoms with E-state index in [0.29, 0.717) is 58.1 Å². The molecule has 2 aliphatic heterocycles. The molecular weight excluding hydrogens is 600 g/mol. The minimum Gasteiger partial charge on any atom is -0.466 e. The molecule has 0 aliphatic carbocycles. The summed E-state index contributed by atoms with van der Waals surface area (Å²) in [4.78, 5) is 75.2. The van der Waals surface area contributed by atoms with Crippen LogP contribution >= 0.6 is 0 Å². The van der Waals surface area contributed by atoms with Crippen LogP contribution in [-0.4, -0.2) is 77.5 Å². The Kier molecular flexibility index (Phi) is 13.2. The van der Waals surface area contributed by atoms with Crippen LogP contribution in [0.25, 0.3) is 10.9 Å². The van der Waals surface area contributed by atoms with Crippen LogP contribution in [0.4, 0.5) is 0 Å². The molecular formula is C36H52N4O7. The Morgan fingerprint density at radius 2 is 1.81 bits per heavy atom. The quantitative estimate of drug-likeness (QED) is 0.245. The lowest BCUT2D eigenvalue weighted by Gasteiger charge is -2.39. The molecule has 1 aromatic carbocycles. The number of piperidine rings is 1. The van der Waals surface area contributed by atoms with E-state index in [-0.39, 0.29) is 42.3 Å². The number of hydrogen-bond donors (Lipinski definition) is 2. The molecule has 2 aliphatic rings. The summed E-state index contributed by atoms with van der Waals surface area (Å²) in [6, 6.07) is 5.25. The second-order valence-corrected chi connectivity index (χ2v) is 13.0. The van der Waals surface area contributed by atoms with Crippen LogP contribution in [0.2, 0.25) is 0 Å². The molecule has 2 fully saturated rings. The smallest absolute Gasteiger partial charge is 0.305 e. The van der Waals surface area contributed by atoms with E-state index >= 15 is 0 Å². The molecule has 11 nitrogen and oxygen atoms in total. The number of esters is 1. The van der Waals surface area contributed by atoms with E-state index in [1.54, 1.807) is 16.7 Å². The molecule has 5 atom stereocenters. The number of Topliss-reactive ketones (excluding diaryl/α,β-unsaturated/α-hetero) is 1. The third-order valence-corrected chi connectivity index (χ3v) is 9.67. The van der Waals surface area contributed by atoms with Crippen LogP contribution in [0.1, 0.15) is 97.0 Å². The Labute approximate surface area is 278 Å². The van der Waals surface area contributed by atoms with Gasteiger partial charge in [-0.05, 0) is 56.1 Å². The van der Waals surface area contributed by atoms with Crippen molar-refractivity contribution in [3.05, 3.63) is 36.0 Å². The number of amides is 3. The van der Waals surface area contributed by atoms with Crippen molar-refractivity contribution in [1.29, 1.82) is 0 Å². The van der Waals surface area contributed by atoms with Gasteiger partial charge in [0.25, 0.3) is 0 Å². The Balaban J connectivity index is 1.62. The van der Waals surface area contributed by atoms with E-state index in [1.165, 1.54) is 0 Å². The van der Waals surface area contributed by atoms with Crippen molar-refractivity contribution >= 4 is 40.4 Å². The average Bonchev–Trinajstić information content (AvgIpc) is 3.44. The van der Waals surface area contributed by atoms with Crippen LogP contribution in [0.3, 0.4) is 0 Å². The van der Waals surface area contributed by atoms with Gasteiger partial charge in [-0.3, -0.25) is 24.0 Å². The number of carbonyl (C=O) groups excluding carboxylic acids is 5. The third kappa shape index (κ3) is 9.14. The molecule has 47 heavy (non-hydrogen) atoms. The number of benzene rings is 1. The van der Waals surface area contributed by atoms with Crippen molar-refractivity contribution in [3.8, 4) is 0 Å². The van der Waals surface area contributed by atoms with Crippen molar-refractivity contribution < 1.29 is 33.5 Å². The van der Waals surface area contributed by atoms with E-state index < -0.39 is 30.0 Å². The Morgan fingerprint density at radius 1 is 1.02 bits per heavy atom. The molecule has 1 aromatic heterocycles. The lowest BCUT2D eigenvalue weighted by Crippen LogP contribution is -2.61. The molecule has 258 valence electrons. The first-order chi connectivity index (χ1) is 22.7. The van der Waals surface area contributed by atoms with Gasteiger partial charge in [-0.1, -0.05) is 58.2 Å². The van der Waals surface area contributed by atoms with E-state index in [1.807, 2.05) is 51.2 Å². The maximum absolute atomic E-state index is 14.1. The summed E-state index contributed by atoms with van der Waals surface area (Å²) in [5.74, 6) is -2.22. The van der Waals surface area contributed by atoms with Crippen LogP contribution in [0, 0.1) is 11.8 Å². The minimum absolute atomic E-state index is 0.00978. The van der Waals surface area contributed by atoms with Gasteiger partial charge in [0.2, 0.25) is 17.7 Å². The fourth-order valence-corrected chi connectivity index (χ4v) is 6.73. The highest BCUT2D eigenvalue weighted by Gasteiger charge is 2.41. The molecule has 3 amide bonds. The highest BCUT2D eigenvalue weighted by molar-refractivity contribution is 5.98. The maximum Gasteiger partial charge on any atom is 0.305 e. The molecule has 3 heterocycles. The molecule has 1 unspecified atom stereocenters. The maximum atomic E-state index is 14.1. The van der Waals surface area contributed by atoms with E-state index in [2.05, 4.69) is 10.6 Å². The van der Waals surface area contributed by atoms with Crippen LogP contribution in [0.15, 0.2) is 30.5 Å². The molecule has 2 N–H and O–H groups in total. The number of ether oxygens (including phenoxy) is 1. The molecule has 0 bridgehead atoms. The number of para-hydroxylation sites is 1. The van der Waals surface area contributed by atoms with E-state index in [4.69, 9.17) is 9.57 Å². The number of hydrogen-bond acceptors (Lipinski definition) is 7. The highest BCUT2D eigenvalue weighted by atomic mass is 16.6. The summed E-state index contributed by atoms with van der Waals surface area (Å²) < 4.78 is 6.79. The Morgan fingerprint density at radius 3 is 2.55 bits per heavy atom. The van der Waals surface area contributed by atoms with Gasteiger partial charge in [-0.15, -0.1) is 0 Å². The van der Waals surface area contributed by atoms with Crippen molar-refractivity contribution in [2.45, 2.75) is 116 Å². The summed E-state index contributed by atoms with van der Waals surface area (Å²) >= 11 is 0. The first-order valence-electron chi connectivity index (χ1n) is 17.4. The molecule has 0 radical (unpaired) electrons. The first kappa shape index (κ1) is 36.0. The van der Waals surface area contributed by atoms with Crippen molar-refractivity contribution in [3.63, 3.8) is 0 Å². The summed E-state index contributed by atoms with van der Waals surface area (Å²) in [5.41, 5.74) is 1.64. The third-order valence-electron chi connectivity index (χ3n) is 9.67. The minimum atomic E-state index is -0.986. The number of rotatable bonds is 13. The Hall–Kier alpha value is -3.89. The molecule has 2 saturated heterocycles. The normalized spacial score (nSPS) is 23.3. The van der Waals surface area contributed by atoms with Gasteiger partial charge in [0, 0.05) is 43.3 Å². The predicted molar refractivity (Wildman–Crippen MR) is 178 cm³/mol. The van der Waals surface area contributed by atoms with Gasteiger partial charge < -0.3 is 25.1 Å². The first-order valence-corrected chi connectivity index (χ1v) is 17.4. The lowest BCUT2D eigenvalue weighted by atomic mass is 9.87. The molecule has 0 saturated carbocycles. The number of nitrogens with zero attached hydrogens (tertiary/aromatic N) is 2. The second-order valence-electron chi connectivity index (χ2n) is 13.0. The van der Waals surface area contributed by atoms with E-state index in [0.717, 1.165) is 35.7 Å². The average molecular weight is 653 g/mol. The number of unbranched alkanes of at least 4 members (excludes halogenated alkanes) is 2. The van der Waals surface area contributed by atoms with Gasteiger partial charge in [-0.2, -0.15) is 4.73 Å². The van der Waals surface area contributed by atoms with Crippen molar-refractivity contribution in [2.24, 2.45) is 11.8 Å². The molecule has 4 rings (SSSR count). The second kappa shape index (κ2) is 17.3. The standard InChI is InChI=1S/C36H52N4O7/c1-5-20-47-32(42)18-9-7-8-14-25-22-31(41)30-17-12-13-19-39(30)36(45)33(24(3)6-2)38-35(44)28(37-34(25)43)21-26-23-40(46-4)29-16-11-10-15-27(26)29/h10-11,15-16,23-25,28,30,33H,5-9,12-14,17-22H2,1-4H3,(H,37,43)(H,38,44)/t24?,25-,28+,30-,33+/m1/s1. The number of nitrogens with one attached hydrogen (secondary N) is 2.